The Hall–Kier alpha value is 0. The first kappa shape index (κ1) is 9.00. The summed E-state index contributed by atoms with van der Waals surface area (Å²) in [4.78, 5) is 0. The number of hydrogen-bond donors (Lipinski definition) is 0. The molecule has 0 heterocycles. The van der Waals surface area contributed by atoms with Crippen LogP contribution >= 0.6 is 0 Å². The molecule has 1 saturated carbocycles. The zero-order valence-corrected chi connectivity index (χ0v) is 6.82. The van der Waals surface area contributed by atoms with Gasteiger partial charge in [0.25, 0.3) is 0 Å². The molecule has 55 valence electrons. The number of unbranched alkanes of at least 4 members (excludes halogenated alkanes) is 2. The van der Waals surface area contributed by atoms with E-state index in [4.69, 9.17) is 0 Å². The predicted octanol–water partition coefficient (Wildman–Crippen LogP) is 3.57. The lowest BCUT2D eigenvalue weighted by Crippen LogP contribution is -1.87. The third-order valence-corrected chi connectivity index (χ3v) is 1.52. The van der Waals surface area contributed by atoms with E-state index in [1.807, 2.05) is 0 Å². The second kappa shape index (κ2) is 8.00. The molecular formula is C9H19. The van der Waals surface area contributed by atoms with Crippen LogP contribution in [0.5, 0.6) is 0 Å². The lowest BCUT2D eigenvalue weighted by Gasteiger charge is -2.05. The Labute approximate surface area is 59.7 Å². The van der Waals surface area contributed by atoms with E-state index >= 15 is 0 Å². The van der Waals surface area contributed by atoms with E-state index in [2.05, 4.69) is 20.3 Å². The van der Waals surface area contributed by atoms with Gasteiger partial charge in [0, 0.05) is 0 Å². The van der Waals surface area contributed by atoms with Gasteiger partial charge in [0.15, 0.2) is 0 Å². The standard InChI is InChI=1S/C5H12.C4H7/c1-3-5-4-2;1-2-4-3-1/h3-5H2,1-2H3;1H,2-4H2. The molecule has 0 aromatic rings. The predicted molar refractivity (Wildman–Crippen MR) is 43.4 cm³/mol. The van der Waals surface area contributed by atoms with Crippen molar-refractivity contribution in [3.8, 4) is 0 Å². The molecule has 1 rings (SSSR count). The Kier molecular flexibility index (Phi) is 8.00. The zero-order valence-electron chi connectivity index (χ0n) is 6.82. The largest absolute Gasteiger partial charge is 0.0654 e. The van der Waals surface area contributed by atoms with Crippen molar-refractivity contribution in [3.05, 3.63) is 6.42 Å². The first-order chi connectivity index (χ1) is 4.41. The van der Waals surface area contributed by atoms with Crippen LogP contribution in [0.25, 0.3) is 0 Å². The van der Waals surface area contributed by atoms with Crippen molar-refractivity contribution in [2.45, 2.75) is 52.4 Å². The normalized spacial score (nSPS) is 15.3. The summed E-state index contributed by atoms with van der Waals surface area (Å²) in [7, 11) is 0. The summed E-state index contributed by atoms with van der Waals surface area (Å²) >= 11 is 0. The quantitative estimate of drug-likeness (QED) is 0.532. The van der Waals surface area contributed by atoms with Crippen LogP contribution in [0.1, 0.15) is 52.4 Å². The molecule has 0 saturated heterocycles. The van der Waals surface area contributed by atoms with Gasteiger partial charge < -0.3 is 0 Å². The van der Waals surface area contributed by atoms with Crippen molar-refractivity contribution < 1.29 is 0 Å². The average Bonchev–Trinajstić information content (AvgIpc) is 1.63. The van der Waals surface area contributed by atoms with E-state index < -0.39 is 0 Å². The smallest absolute Gasteiger partial charge is 0.0386 e. The van der Waals surface area contributed by atoms with Crippen LogP contribution in [0.3, 0.4) is 0 Å². The van der Waals surface area contributed by atoms with Crippen LogP contribution in [0.15, 0.2) is 0 Å². The molecule has 0 heteroatoms. The summed E-state index contributed by atoms with van der Waals surface area (Å²) < 4.78 is 0. The Bertz CT molecular complexity index is 29.3. The second-order valence-electron chi connectivity index (χ2n) is 2.57. The summed E-state index contributed by atoms with van der Waals surface area (Å²) in [6.45, 7) is 4.42. The average molecular weight is 127 g/mol. The van der Waals surface area contributed by atoms with E-state index in [1.54, 1.807) is 0 Å². The van der Waals surface area contributed by atoms with E-state index in [1.165, 1.54) is 38.5 Å². The van der Waals surface area contributed by atoms with Gasteiger partial charge in [-0.1, -0.05) is 52.4 Å². The van der Waals surface area contributed by atoms with Gasteiger partial charge in [-0.15, -0.1) is 0 Å². The molecular weight excluding hydrogens is 108 g/mol. The summed E-state index contributed by atoms with van der Waals surface area (Å²) in [6.07, 6.45) is 10.6. The van der Waals surface area contributed by atoms with Gasteiger partial charge in [0.05, 0.1) is 0 Å². The van der Waals surface area contributed by atoms with E-state index in [-0.39, 0.29) is 0 Å². The monoisotopic (exact) mass is 127 g/mol. The van der Waals surface area contributed by atoms with Gasteiger partial charge in [0.2, 0.25) is 0 Å². The Morgan fingerprint density at radius 2 is 1.44 bits per heavy atom. The zero-order chi connectivity index (χ0) is 6.95. The van der Waals surface area contributed by atoms with Gasteiger partial charge in [0.1, 0.15) is 0 Å². The topological polar surface area (TPSA) is 0 Å². The van der Waals surface area contributed by atoms with Crippen molar-refractivity contribution in [2.75, 3.05) is 0 Å². The highest BCUT2D eigenvalue weighted by Crippen LogP contribution is 2.13. The van der Waals surface area contributed by atoms with E-state index in [0.29, 0.717) is 0 Å². The van der Waals surface area contributed by atoms with Gasteiger partial charge in [-0.25, -0.2) is 0 Å². The highest BCUT2D eigenvalue weighted by atomic mass is 14.0. The maximum Gasteiger partial charge on any atom is -0.0386 e. The maximum atomic E-state index is 2.31. The highest BCUT2D eigenvalue weighted by Gasteiger charge is 1.95. The molecule has 9 heavy (non-hydrogen) atoms. The molecule has 0 unspecified atom stereocenters. The first-order valence-electron chi connectivity index (χ1n) is 4.23. The van der Waals surface area contributed by atoms with Crippen LogP contribution in [0.4, 0.5) is 0 Å². The van der Waals surface area contributed by atoms with Gasteiger partial charge in [-0.2, -0.15) is 0 Å². The fourth-order valence-electron chi connectivity index (χ4n) is 0.558. The molecule has 0 aromatic carbocycles. The molecule has 1 fully saturated rings. The SMILES string of the molecule is CCCCC.[CH]1CCC1. The highest BCUT2D eigenvalue weighted by molar-refractivity contribution is 4.74. The van der Waals surface area contributed by atoms with Gasteiger partial charge >= 0.3 is 0 Å². The Balaban J connectivity index is 0.000000144. The number of hydrogen-bond acceptors (Lipinski definition) is 0. The van der Waals surface area contributed by atoms with Crippen LogP contribution in [-0.2, 0) is 0 Å². The third-order valence-electron chi connectivity index (χ3n) is 1.52. The molecule has 0 nitrogen and oxygen atoms in total. The molecule has 0 aliphatic heterocycles. The first-order valence-corrected chi connectivity index (χ1v) is 4.23. The minimum Gasteiger partial charge on any atom is -0.0654 e. The van der Waals surface area contributed by atoms with Crippen molar-refractivity contribution in [2.24, 2.45) is 0 Å². The summed E-state index contributed by atoms with van der Waals surface area (Å²) in [5.74, 6) is 0. The lowest BCUT2D eigenvalue weighted by atomic mass is 10.0. The fourth-order valence-corrected chi connectivity index (χ4v) is 0.558. The Morgan fingerprint density at radius 1 is 1.11 bits per heavy atom. The van der Waals surface area contributed by atoms with Crippen LogP contribution < -0.4 is 0 Å². The third kappa shape index (κ3) is 8.00. The van der Waals surface area contributed by atoms with E-state index in [9.17, 15) is 0 Å². The van der Waals surface area contributed by atoms with Crippen molar-refractivity contribution in [3.63, 3.8) is 0 Å². The minimum atomic E-state index is 1.34. The lowest BCUT2D eigenvalue weighted by molar-refractivity contribution is 0.652. The second-order valence-corrected chi connectivity index (χ2v) is 2.57. The van der Waals surface area contributed by atoms with Gasteiger partial charge in [-0.05, 0) is 6.42 Å². The summed E-state index contributed by atoms with van der Waals surface area (Å²) in [5.41, 5.74) is 0. The summed E-state index contributed by atoms with van der Waals surface area (Å²) in [5, 5.41) is 0. The fraction of sp³-hybridized carbons (Fsp3) is 0.889. The van der Waals surface area contributed by atoms with Crippen molar-refractivity contribution >= 4 is 0 Å². The molecule has 0 bridgehead atoms. The molecule has 0 spiro atoms. The Morgan fingerprint density at radius 3 is 1.44 bits per heavy atom. The van der Waals surface area contributed by atoms with Crippen LogP contribution in [0, 0.1) is 6.42 Å². The molecule has 0 atom stereocenters. The van der Waals surface area contributed by atoms with Crippen molar-refractivity contribution in [1.29, 1.82) is 0 Å². The van der Waals surface area contributed by atoms with Crippen LogP contribution in [-0.4, -0.2) is 0 Å². The molecule has 0 amide bonds. The van der Waals surface area contributed by atoms with E-state index in [0.717, 1.165) is 0 Å². The maximum absolute atomic E-state index is 2.31. The molecule has 0 N–H and O–H groups in total. The molecule has 1 aliphatic carbocycles. The van der Waals surface area contributed by atoms with Gasteiger partial charge in [-0.3, -0.25) is 0 Å². The number of rotatable bonds is 2. The minimum absolute atomic E-state index is 1.34. The summed E-state index contributed by atoms with van der Waals surface area (Å²) in [6, 6.07) is 0. The molecule has 0 aromatic heterocycles. The van der Waals surface area contributed by atoms with Crippen molar-refractivity contribution in [1.82, 2.24) is 0 Å². The molecule has 1 aliphatic rings. The molecule has 1 radical (unpaired) electrons. The van der Waals surface area contributed by atoms with Crippen LogP contribution in [0.2, 0.25) is 0 Å².